The van der Waals surface area contributed by atoms with Crippen molar-refractivity contribution in [2.75, 3.05) is 26.6 Å². The molecule has 3 N–H and O–H groups in total. The van der Waals surface area contributed by atoms with Gasteiger partial charge in [-0.15, -0.1) is 0 Å². The number of alkyl halides is 3. The first kappa shape index (κ1) is 27.3. The van der Waals surface area contributed by atoms with Crippen molar-refractivity contribution >= 4 is 17.6 Å². The fourth-order valence-electron chi connectivity index (χ4n) is 4.30. The van der Waals surface area contributed by atoms with Gasteiger partial charge in [0.2, 0.25) is 0 Å². The molecule has 11 nitrogen and oxygen atoms in total. The number of H-pyrrole nitrogens is 1. The Labute approximate surface area is 218 Å². The summed E-state index contributed by atoms with van der Waals surface area (Å²) >= 11 is 0. The highest BCUT2D eigenvalue weighted by Gasteiger charge is 2.68. The molecule has 1 aliphatic heterocycles. The van der Waals surface area contributed by atoms with E-state index in [1.807, 2.05) is 10.3 Å². The minimum absolute atomic E-state index is 0.103. The van der Waals surface area contributed by atoms with Crippen molar-refractivity contribution in [3.63, 3.8) is 0 Å². The highest BCUT2D eigenvalue weighted by Crippen LogP contribution is 2.45. The molecular weight excluding hydrogens is 525 g/mol. The van der Waals surface area contributed by atoms with E-state index in [4.69, 9.17) is 14.2 Å². The first-order valence-corrected chi connectivity index (χ1v) is 11.4. The molecule has 2 aromatic carbocycles. The smallest absolute Gasteiger partial charge is 0.425 e. The van der Waals surface area contributed by atoms with Crippen LogP contribution < -0.4 is 36.1 Å². The summed E-state index contributed by atoms with van der Waals surface area (Å²) in [5, 5.41) is 3.70. The number of halogens is 3. The Balaban J connectivity index is 1.77. The highest BCUT2D eigenvalue weighted by molar-refractivity contribution is 6.09. The van der Waals surface area contributed by atoms with E-state index in [1.54, 1.807) is 23.5 Å². The van der Waals surface area contributed by atoms with Gasteiger partial charge in [-0.05, 0) is 48.4 Å². The van der Waals surface area contributed by atoms with Crippen LogP contribution in [0, 0.1) is 0 Å². The lowest BCUT2D eigenvalue weighted by Gasteiger charge is -2.30. The molecule has 2 heterocycles. The van der Waals surface area contributed by atoms with Crippen LogP contribution in [0.4, 0.5) is 19.0 Å². The SMILES string of the molecule is COc1ccc(C(=O)N[C@@]2(C(F)(F)F)C(=O)Nc3c2c(=O)[nH]c(=O)n3CCc2ccc(OC)c(OC)c2)cc1. The first-order chi connectivity index (χ1) is 18.5. The molecule has 0 bridgehead atoms. The standard InChI is InChI=1S/C25H23F3N4O7/c1-37-15-7-5-14(6-8-15)20(33)31-24(25(26,27)28)18-19(29-22(24)35)32(23(36)30-21(18)34)11-10-13-4-9-16(38-2)17(12-13)39-3/h4-9,12H,10-11H2,1-3H3,(H,29,35)(H,31,33)(H,30,34,36)/t24-/m1/s1. The van der Waals surface area contributed by atoms with Gasteiger partial charge in [-0.25, -0.2) is 4.79 Å². The van der Waals surface area contributed by atoms with Gasteiger partial charge >= 0.3 is 11.9 Å². The molecular formula is C25H23F3N4O7. The van der Waals surface area contributed by atoms with E-state index in [9.17, 15) is 32.3 Å². The Morgan fingerprint density at radius 1 is 0.974 bits per heavy atom. The number of fused-ring (bicyclic) bond motifs is 1. The van der Waals surface area contributed by atoms with Gasteiger partial charge in [0.25, 0.3) is 22.9 Å². The number of carbonyl (C=O) groups excluding carboxylic acids is 2. The number of anilines is 1. The summed E-state index contributed by atoms with van der Waals surface area (Å²) in [4.78, 5) is 53.1. The van der Waals surface area contributed by atoms with Gasteiger partial charge in [-0.2, -0.15) is 13.2 Å². The Hall–Kier alpha value is -4.75. The molecule has 1 atom stereocenters. The van der Waals surface area contributed by atoms with E-state index in [0.717, 1.165) is 4.57 Å². The van der Waals surface area contributed by atoms with Crippen LogP contribution in [0.15, 0.2) is 52.1 Å². The van der Waals surface area contributed by atoms with Crippen molar-refractivity contribution in [3.05, 3.63) is 80.0 Å². The molecule has 2 amide bonds. The summed E-state index contributed by atoms with van der Waals surface area (Å²) in [7, 11) is 4.24. The zero-order valence-electron chi connectivity index (χ0n) is 20.9. The van der Waals surface area contributed by atoms with Gasteiger partial charge in [-0.3, -0.25) is 23.9 Å². The fourth-order valence-corrected chi connectivity index (χ4v) is 4.30. The fraction of sp³-hybridized carbons (Fsp3) is 0.280. The maximum absolute atomic E-state index is 14.6. The molecule has 0 radical (unpaired) electrons. The van der Waals surface area contributed by atoms with Crippen LogP contribution in [0.25, 0.3) is 0 Å². The van der Waals surface area contributed by atoms with Crippen LogP contribution in [0.1, 0.15) is 21.5 Å². The van der Waals surface area contributed by atoms with E-state index in [2.05, 4.69) is 0 Å². The second-order valence-electron chi connectivity index (χ2n) is 8.46. The van der Waals surface area contributed by atoms with Crippen LogP contribution >= 0.6 is 0 Å². The molecule has 0 saturated heterocycles. The number of aromatic amines is 1. The highest BCUT2D eigenvalue weighted by atomic mass is 19.4. The number of hydrogen-bond donors (Lipinski definition) is 3. The molecule has 14 heteroatoms. The second-order valence-corrected chi connectivity index (χ2v) is 8.46. The van der Waals surface area contributed by atoms with Crippen LogP contribution in [0.2, 0.25) is 0 Å². The summed E-state index contributed by atoms with van der Waals surface area (Å²) in [5.74, 6) is -2.50. The number of nitrogens with zero attached hydrogens (tertiary/aromatic N) is 1. The second kappa shape index (κ2) is 10.2. The Morgan fingerprint density at radius 2 is 1.64 bits per heavy atom. The van der Waals surface area contributed by atoms with Gasteiger partial charge in [0.1, 0.15) is 17.1 Å². The topological polar surface area (TPSA) is 141 Å². The van der Waals surface area contributed by atoms with E-state index < -0.39 is 46.2 Å². The van der Waals surface area contributed by atoms with Crippen molar-refractivity contribution in [3.8, 4) is 17.2 Å². The average Bonchev–Trinajstić information content (AvgIpc) is 3.21. The number of methoxy groups -OCH3 is 3. The minimum Gasteiger partial charge on any atom is -0.497 e. The number of amides is 2. The molecule has 0 aliphatic carbocycles. The summed E-state index contributed by atoms with van der Waals surface area (Å²) in [6.07, 6.45) is -5.35. The van der Waals surface area contributed by atoms with Crippen LogP contribution in [0.3, 0.4) is 0 Å². The van der Waals surface area contributed by atoms with E-state index >= 15 is 0 Å². The molecule has 0 unspecified atom stereocenters. The Bertz CT molecular complexity index is 1550. The number of rotatable bonds is 8. The molecule has 1 aliphatic rings. The van der Waals surface area contributed by atoms with Crippen LogP contribution in [-0.4, -0.2) is 48.9 Å². The number of aryl methyl sites for hydroxylation is 1. The van der Waals surface area contributed by atoms with Crippen molar-refractivity contribution in [2.45, 2.75) is 24.7 Å². The average molecular weight is 548 g/mol. The molecule has 0 saturated carbocycles. The van der Waals surface area contributed by atoms with Crippen molar-refractivity contribution in [2.24, 2.45) is 0 Å². The summed E-state index contributed by atoms with van der Waals surface area (Å²) < 4.78 is 60.0. The lowest BCUT2D eigenvalue weighted by molar-refractivity contribution is -0.196. The van der Waals surface area contributed by atoms with Crippen molar-refractivity contribution in [1.29, 1.82) is 0 Å². The summed E-state index contributed by atoms with van der Waals surface area (Å²) in [6.45, 7) is -0.228. The Morgan fingerprint density at radius 3 is 2.23 bits per heavy atom. The zero-order valence-corrected chi connectivity index (χ0v) is 20.9. The number of ether oxygens (including phenoxy) is 3. The number of nitrogens with one attached hydrogen (secondary N) is 3. The summed E-state index contributed by atoms with van der Waals surface area (Å²) in [6, 6.07) is 9.96. The van der Waals surface area contributed by atoms with E-state index in [0.29, 0.717) is 22.8 Å². The number of aromatic nitrogens is 2. The number of carbonyl (C=O) groups is 2. The van der Waals surface area contributed by atoms with Gasteiger partial charge in [0.15, 0.2) is 11.5 Å². The van der Waals surface area contributed by atoms with Crippen molar-refractivity contribution < 1.29 is 37.0 Å². The summed E-state index contributed by atoms with van der Waals surface area (Å²) in [5.41, 5.74) is -7.01. The zero-order chi connectivity index (χ0) is 28.5. The maximum atomic E-state index is 14.6. The van der Waals surface area contributed by atoms with E-state index in [-0.39, 0.29) is 18.5 Å². The molecule has 206 valence electrons. The maximum Gasteiger partial charge on any atom is 0.425 e. The molecule has 3 aromatic rings. The Kier molecular flexibility index (Phi) is 7.13. The quantitative estimate of drug-likeness (QED) is 0.391. The molecule has 39 heavy (non-hydrogen) atoms. The first-order valence-electron chi connectivity index (χ1n) is 11.4. The van der Waals surface area contributed by atoms with Gasteiger partial charge < -0.3 is 24.8 Å². The third kappa shape index (κ3) is 4.69. The monoisotopic (exact) mass is 548 g/mol. The predicted molar refractivity (Wildman–Crippen MR) is 131 cm³/mol. The predicted octanol–water partition coefficient (Wildman–Crippen LogP) is 1.94. The van der Waals surface area contributed by atoms with Gasteiger partial charge in [0, 0.05) is 12.1 Å². The number of hydrogen-bond acceptors (Lipinski definition) is 7. The minimum atomic E-state index is -5.46. The number of benzene rings is 2. The third-order valence-corrected chi connectivity index (χ3v) is 6.30. The lowest BCUT2D eigenvalue weighted by atomic mass is 9.91. The molecule has 4 rings (SSSR count). The normalized spacial score (nSPS) is 16.3. The van der Waals surface area contributed by atoms with Crippen molar-refractivity contribution in [1.82, 2.24) is 14.9 Å². The molecule has 0 spiro atoms. The van der Waals surface area contributed by atoms with Crippen LogP contribution in [-0.2, 0) is 23.3 Å². The van der Waals surface area contributed by atoms with E-state index in [1.165, 1.54) is 45.6 Å². The molecule has 1 aromatic heterocycles. The third-order valence-electron chi connectivity index (χ3n) is 6.30. The van der Waals surface area contributed by atoms with Gasteiger partial charge in [-0.1, -0.05) is 6.07 Å². The largest absolute Gasteiger partial charge is 0.497 e. The van der Waals surface area contributed by atoms with Gasteiger partial charge in [0.05, 0.1) is 21.3 Å². The lowest BCUT2D eigenvalue weighted by Crippen LogP contribution is -2.62. The molecule has 0 fully saturated rings. The van der Waals surface area contributed by atoms with Crippen LogP contribution in [0.5, 0.6) is 17.2 Å².